The number of benzene rings is 2. The van der Waals surface area contributed by atoms with Crippen LogP contribution in [0, 0.1) is 5.41 Å². The molecule has 8 nitrogen and oxygen atoms in total. The third-order valence-electron chi connectivity index (χ3n) is 8.84. The van der Waals surface area contributed by atoms with Crippen molar-refractivity contribution < 1.29 is 19.1 Å². The van der Waals surface area contributed by atoms with Crippen molar-refractivity contribution in [2.45, 2.75) is 83.1 Å². The molecule has 3 N–H and O–H groups in total. The number of rotatable bonds is 6. The van der Waals surface area contributed by atoms with Gasteiger partial charge in [0, 0.05) is 6.42 Å². The molecular formula is C31H40N4O4. The third kappa shape index (κ3) is 5.02. The van der Waals surface area contributed by atoms with Crippen LogP contribution in [0.15, 0.2) is 42.5 Å². The van der Waals surface area contributed by atoms with Crippen LogP contribution in [0.2, 0.25) is 0 Å². The van der Waals surface area contributed by atoms with E-state index in [-0.39, 0.29) is 29.8 Å². The van der Waals surface area contributed by atoms with Crippen LogP contribution < -0.4 is 20.7 Å². The van der Waals surface area contributed by atoms with E-state index >= 15 is 0 Å². The first-order chi connectivity index (χ1) is 18.6. The van der Waals surface area contributed by atoms with Crippen LogP contribution >= 0.6 is 0 Å². The number of nitrogens with one attached hydrogen (secondary N) is 3. The molecule has 3 aliphatic rings. The number of aryl methyl sites for hydroxylation is 1. The normalized spacial score (nSPS) is 26.0. The SMILES string of the molecule is CN[C@@H](C)C(=O)N[C@H]1Cc2ccc(OC)cc2[C@H]2CC(C)(C)C(C(=O)NC3CCCc4ccccc43)N2C1=O. The fourth-order valence-corrected chi connectivity index (χ4v) is 6.66. The van der Waals surface area contributed by atoms with Crippen molar-refractivity contribution in [3.05, 3.63) is 64.7 Å². The summed E-state index contributed by atoms with van der Waals surface area (Å²) in [5.74, 6) is 0.0961. The van der Waals surface area contributed by atoms with Crippen molar-refractivity contribution in [1.82, 2.24) is 20.9 Å². The first-order valence-electron chi connectivity index (χ1n) is 14.0. The van der Waals surface area contributed by atoms with Crippen molar-refractivity contribution in [3.8, 4) is 5.75 Å². The van der Waals surface area contributed by atoms with Gasteiger partial charge in [-0.1, -0.05) is 44.2 Å². The number of amides is 3. The zero-order valence-electron chi connectivity index (χ0n) is 23.5. The van der Waals surface area contributed by atoms with Gasteiger partial charge >= 0.3 is 0 Å². The molecule has 1 aliphatic carbocycles. The lowest BCUT2D eigenvalue weighted by atomic mass is 9.81. The van der Waals surface area contributed by atoms with Gasteiger partial charge < -0.3 is 25.6 Å². The topological polar surface area (TPSA) is 99.8 Å². The fourth-order valence-electron chi connectivity index (χ4n) is 6.66. The molecule has 5 atom stereocenters. The number of ether oxygens (including phenoxy) is 1. The first kappa shape index (κ1) is 27.2. The number of hydrogen-bond donors (Lipinski definition) is 3. The summed E-state index contributed by atoms with van der Waals surface area (Å²) in [6.45, 7) is 5.88. The highest BCUT2D eigenvalue weighted by Crippen LogP contribution is 2.50. The first-order valence-corrected chi connectivity index (χ1v) is 14.0. The quantitative estimate of drug-likeness (QED) is 0.531. The van der Waals surface area contributed by atoms with Gasteiger partial charge in [-0.3, -0.25) is 14.4 Å². The molecular weight excluding hydrogens is 492 g/mol. The molecule has 2 aliphatic heterocycles. The van der Waals surface area contributed by atoms with E-state index in [1.165, 1.54) is 5.56 Å². The van der Waals surface area contributed by atoms with Gasteiger partial charge in [0.1, 0.15) is 17.8 Å². The molecule has 2 unspecified atom stereocenters. The monoisotopic (exact) mass is 532 g/mol. The summed E-state index contributed by atoms with van der Waals surface area (Å²) in [7, 11) is 3.34. The molecule has 2 heterocycles. The van der Waals surface area contributed by atoms with E-state index in [0.717, 1.165) is 36.0 Å². The molecule has 8 heteroatoms. The van der Waals surface area contributed by atoms with Crippen molar-refractivity contribution in [3.63, 3.8) is 0 Å². The van der Waals surface area contributed by atoms with Gasteiger partial charge in [0.2, 0.25) is 17.7 Å². The van der Waals surface area contributed by atoms with Gasteiger partial charge in [-0.05, 0) is 79.5 Å². The van der Waals surface area contributed by atoms with E-state index in [0.29, 0.717) is 18.6 Å². The molecule has 0 aromatic heterocycles. The predicted octanol–water partition coefficient (Wildman–Crippen LogP) is 3.21. The Kier molecular flexibility index (Phi) is 7.42. The second-order valence-corrected chi connectivity index (χ2v) is 11.8. The maximum absolute atomic E-state index is 14.3. The number of hydrogen-bond acceptors (Lipinski definition) is 5. The fraction of sp³-hybridized carbons (Fsp3) is 0.516. The molecule has 0 bridgehead atoms. The highest BCUT2D eigenvalue weighted by molar-refractivity contribution is 5.95. The summed E-state index contributed by atoms with van der Waals surface area (Å²) in [5.41, 5.74) is 3.91. The predicted molar refractivity (Wildman–Crippen MR) is 149 cm³/mol. The van der Waals surface area contributed by atoms with E-state index < -0.39 is 23.5 Å². The average molecular weight is 533 g/mol. The number of carbonyl (C=O) groups is 3. The molecule has 1 fully saturated rings. The molecule has 39 heavy (non-hydrogen) atoms. The maximum atomic E-state index is 14.3. The van der Waals surface area contributed by atoms with Gasteiger partial charge in [-0.2, -0.15) is 0 Å². The Labute approximate surface area is 230 Å². The Bertz CT molecular complexity index is 1270. The number of likely N-dealkylation sites (N-methyl/N-ethyl adjacent to an activating group) is 1. The summed E-state index contributed by atoms with van der Waals surface area (Å²) in [5, 5.41) is 9.23. The largest absolute Gasteiger partial charge is 0.497 e. The zero-order valence-corrected chi connectivity index (χ0v) is 23.5. The number of nitrogens with zero attached hydrogens (tertiary/aromatic N) is 1. The van der Waals surface area contributed by atoms with Gasteiger partial charge in [-0.15, -0.1) is 0 Å². The molecule has 208 valence electrons. The molecule has 0 saturated carbocycles. The Morgan fingerprint density at radius 1 is 1.05 bits per heavy atom. The van der Waals surface area contributed by atoms with E-state index in [1.807, 2.05) is 30.3 Å². The number of carbonyl (C=O) groups excluding carboxylic acids is 3. The highest BCUT2D eigenvalue weighted by atomic mass is 16.5. The highest BCUT2D eigenvalue weighted by Gasteiger charge is 2.55. The Hall–Kier alpha value is -3.39. The Morgan fingerprint density at radius 3 is 2.56 bits per heavy atom. The van der Waals surface area contributed by atoms with Crippen molar-refractivity contribution in [2.24, 2.45) is 5.41 Å². The van der Waals surface area contributed by atoms with Gasteiger partial charge in [-0.25, -0.2) is 0 Å². The van der Waals surface area contributed by atoms with E-state index in [9.17, 15) is 14.4 Å². The van der Waals surface area contributed by atoms with Gasteiger partial charge in [0.05, 0.1) is 25.2 Å². The Balaban J connectivity index is 1.52. The van der Waals surface area contributed by atoms with Gasteiger partial charge in [0.15, 0.2) is 0 Å². The summed E-state index contributed by atoms with van der Waals surface area (Å²) in [4.78, 5) is 43.0. The van der Waals surface area contributed by atoms with Crippen LogP contribution in [0.3, 0.4) is 0 Å². The minimum absolute atomic E-state index is 0.0845. The lowest BCUT2D eigenvalue weighted by molar-refractivity contribution is -0.145. The molecule has 0 radical (unpaired) electrons. The minimum Gasteiger partial charge on any atom is -0.497 e. The Morgan fingerprint density at radius 2 is 1.82 bits per heavy atom. The van der Waals surface area contributed by atoms with E-state index in [2.05, 4.69) is 41.9 Å². The summed E-state index contributed by atoms with van der Waals surface area (Å²) in [6, 6.07) is 11.8. The standard InChI is InChI=1S/C31H40N4O4/c1-18(32-4)28(36)34-25-15-20-13-14-21(39-5)16-23(20)26-17-31(2,3)27(35(26)30(25)38)29(37)33-24-12-8-10-19-9-6-7-11-22(19)24/h6-7,9,11,13-14,16,18,24-27,32H,8,10,12,15,17H2,1-5H3,(H,33,37)(H,34,36)/t18-,24?,25-,26+,27?/m0/s1. The van der Waals surface area contributed by atoms with Crippen molar-refractivity contribution >= 4 is 17.7 Å². The minimum atomic E-state index is -0.773. The zero-order chi connectivity index (χ0) is 27.9. The van der Waals surface area contributed by atoms with E-state index in [4.69, 9.17) is 4.74 Å². The summed E-state index contributed by atoms with van der Waals surface area (Å²) < 4.78 is 5.53. The van der Waals surface area contributed by atoms with E-state index in [1.54, 1.807) is 26.0 Å². The lowest BCUT2D eigenvalue weighted by Gasteiger charge is -2.36. The van der Waals surface area contributed by atoms with Crippen LogP contribution in [0.5, 0.6) is 5.75 Å². The molecule has 5 rings (SSSR count). The van der Waals surface area contributed by atoms with Crippen LogP contribution in [0.25, 0.3) is 0 Å². The van der Waals surface area contributed by atoms with Crippen LogP contribution in [-0.4, -0.2) is 54.9 Å². The second-order valence-electron chi connectivity index (χ2n) is 11.8. The van der Waals surface area contributed by atoms with Crippen LogP contribution in [0.4, 0.5) is 0 Å². The molecule has 3 amide bonds. The molecule has 2 aromatic carbocycles. The lowest BCUT2D eigenvalue weighted by Crippen LogP contribution is -2.57. The van der Waals surface area contributed by atoms with Crippen LogP contribution in [0.1, 0.15) is 74.4 Å². The van der Waals surface area contributed by atoms with Gasteiger partial charge in [0.25, 0.3) is 0 Å². The van der Waals surface area contributed by atoms with Crippen LogP contribution in [-0.2, 0) is 27.2 Å². The third-order valence-corrected chi connectivity index (χ3v) is 8.84. The average Bonchev–Trinajstić information content (AvgIpc) is 3.17. The molecule has 2 aromatic rings. The summed E-state index contributed by atoms with van der Waals surface area (Å²) >= 11 is 0. The molecule has 1 saturated heterocycles. The molecule has 0 spiro atoms. The second kappa shape index (κ2) is 10.6. The number of methoxy groups -OCH3 is 1. The van der Waals surface area contributed by atoms with Crippen molar-refractivity contribution in [1.29, 1.82) is 0 Å². The summed E-state index contributed by atoms with van der Waals surface area (Å²) in [6.07, 6.45) is 3.87. The smallest absolute Gasteiger partial charge is 0.246 e. The maximum Gasteiger partial charge on any atom is 0.246 e. The van der Waals surface area contributed by atoms with Crippen molar-refractivity contribution in [2.75, 3.05) is 14.2 Å². The number of fused-ring (bicyclic) bond motifs is 4.